The van der Waals surface area contributed by atoms with Gasteiger partial charge in [-0.3, -0.25) is 4.79 Å². The zero-order chi connectivity index (χ0) is 13.4. The molecule has 0 saturated carbocycles. The van der Waals surface area contributed by atoms with Crippen molar-refractivity contribution in [3.8, 4) is 17.3 Å². The fourth-order valence-corrected chi connectivity index (χ4v) is 2.19. The first kappa shape index (κ1) is 11.3. The summed E-state index contributed by atoms with van der Waals surface area (Å²) in [4.78, 5) is 18.5. The molecule has 19 heavy (non-hydrogen) atoms. The summed E-state index contributed by atoms with van der Waals surface area (Å²) in [5.41, 5.74) is 2.88. The van der Waals surface area contributed by atoms with E-state index in [2.05, 4.69) is 15.1 Å². The van der Waals surface area contributed by atoms with Crippen molar-refractivity contribution in [2.24, 2.45) is 0 Å². The standard InChI is InChI=1S/C13H11N5O/c1-2-10-11(8-3-4-15-6-8)17-12-9(5-14)7-16-18(12)13(10)19/h3-4,6-7,15,17H,2H2,1H3. The maximum absolute atomic E-state index is 12.4. The predicted octanol–water partition coefficient (Wildman–Crippen LogP) is 1.45. The Kier molecular flexibility index (Phi) is 2.46. The molecule has 3 aromatic rings. The molecular weight excluding hydrogens is 242 g/mol. The number of hydrogen-bond donors (Lipinski definition) is 2. The summed E-state index contributed by atoms with van der Waals surface area (Å²) < 4.78 is 1.24. The van der Waals surface area contributed by atoms with Crippen molar-refractivity contribution in [2.75, 3.05) is 0 Å². The van der Waals surface area contributed by atoms with Crippen LogP contribution in [0.25, 0.3) is 16.9 Å². The van der Waals surface area contributed by atoms with Gasteiger partial charge in [0.1, 0.15) is 11.6 Å². The topological polar surface area (TPSA) is 89.7 Å². The molecule has 6 nitrogen and oxygen atoms in total. The minimum Gasteiger partial charge on any atom is -0.367 e. The summed E-state index contributed by atoms with van der Waals surface area (Å²) in [6, 6.07) is 3.90. The van der Waals surface area contributed by atoms with Crippen LogP contribution in [0.4, 0.5) is 0 Å². The SMILES string of the molecule is CCc1c(-c2cc[nH]c2)[nH]c2c(C#N)cnn2c1=O. The van der Waals surface area contributed by atoms with Crippen molar-refractivity contribution in [1.82, 2.24) is 19.6 Å². The molecule has 0 aliphatic carbocycles. The highest BCUT2D eigenvalue weighted by Crippen LogP contribution is 2.20. The lowest BCUT2D eigenvalue weighted by atomic mass is 10.1. The van der Waals surface area contributed by atoms with E-state index in [1.165, 1.54) is 10.7 Å². The normalized spacial score (nSPS) is 10.7. The van der Waals surface area contributed by atoms with Crippen molar-refractivity contribution in [3.05, 3.63) is 46.1 Å². The van der Waals surface area contributed by atoms with E-state index in [1.54, 1.807) is 6.20 Å². The van der Waals surface area contributed by atoms with Crippen molar-refractivity contribution in [1.29, 1.82) is 5.26 Å². The third-order valence-corrected chi connectivity index (χ3v) is 3.13. The van der Waals surface area contributed by atoms with Crippen LogP contribution >= 0.6 is 0 Å². The average molecular weight is 253 g/mol. The Bertz CT molecular complexity index is 832. The van der Waals surface area contributed by atoms with Crippen molar-refractivity contribution in [3.63, 3.8) is 0 Å². The number of nitrogens with one attached hydrogen (secondary N) is 2. The van der Waals surface area contributed by atoms with Crippen molar-refractivity contribution in [2.45, 2.75) is 13.3 Å². The van der Waals surface area contributed by atoms with Crippen LogP contribution in [0, 0.1) is 11.3 Å². The van der Waals surface area contributed by atoms with Gasteiger partial charge in [0.15, 0.2) is 5.65 Å². The molecule has 2 N–H and O–H groups in total. The lowest BCUT2D eigenvalue weighted by Crippen LogP contribution is -2.21. The molecule has 0 bridgehead atoms. The van der Waals surface area contributed by atoms with E-state index < -0.39 is 0 Å². The van der Waals surface area contributed by atoms with Gasteiger partial charge >= 0.3 is 0 Å². The van der Waals surface area contributed by atoms with E-state index in [-0.39, 0.29) is 5.56 Å². The monoisotopic (exact) mass is 253 g/mol. The van der Waals surface area contributed by atoms with Crippen LogP contribution in [0.15, 0.2) is 29.5 Å². The third-order valence-electron chi connectivity index (χ3n) is 3.13. The summed E-state index contributed by atoms with van der Waals surface area (Å²) >= 11 is 0. The van der Waals surface area contributed by atoms with Gasteiger partial charge in [-0.05, 0) is 12.5 Å². The summed E-state index contributed by atoms with van der Waals surface area (Å²) in [6.45, 7) is 1.92. The Morgan fingerprint density at radius 2 is 2.37 bits per heavy atom. The van der Waals surface area contributed by atoms with E-state index in [4.69, 9.17) is 5.26 Å². The highest BCUT2D eigenvalue weighted by molar-refractivity contribution is 5.67. The van der Waals surface area contributed by atoms with Crippen LogP contribution < -0.4 is 5.56 Å². The van der Waals surface area contributed by atoms with Gasteiger partial charge in [0.05, 0.1) is 11.9 Å². The van der Waals surface area contributed by atoms with Gasteiger partial charge in [0, 0.05) is 23.5 Å². The number of nitriles is 1. The van der Waals surface area contributed by atoms with Crippen LogP contribution in [0.3, 0.4) is 0 Å². The lowest BCUT2D eigenvalue weighted by Gasteiger charge is -2.07. The fraction of sp³-hybridized carbons (Fsp3) is 0.154. The quantitative estimate of drug-likeness (QED) is 0.724. The van der Waals surface area contributed by atoms with E-state index in [9.17, 15) is 4.79 Å². The van der Waals surface area contributed by atoms with Crippen molar-refractivity contribution >= 4 is 5.65 Å². The summed E-state index contributed by atoms with van der Waals surface area (Å²) in [6.07, 6.45) is 5.59. The maximum atomic E-state index is 12.4. The average Bonchev–Trinajstić information content (AvgIpc) is 3.07. The van der Waals surface area contributed by atoms with Gasteiger partial charge in [-0.1, -0.05) is 6.92 Å². The molecule has 0 aromatic carbocycles. The van der Waals surface area contributed by atoms with Crippen LogP contribution in [-0.4, -0.2) is 19.6 Å². The Morgan fingerprint density at radius 1 is 1.53 bits per heavy atom. The molecule has 0 aliphatic rings. The highest BCUT2D eigenvalue weighted by Gasteiger charge is 2.15. The van der Waals surface area contributed by atoms with Crippen LogP contribution in [0.2, 0.25) is 0 Å². The molecule has 3 heterocycles. The molecule has 3 aromatic heterocycles. The molecule has 6 heteroatoms. The molecule has 0 spiro atoms. The Hall–Kier alpha value is -2.81. The number of rotatable bonds is 2. The molecule has 0 unspecified atom stereocenters. The second-order valence-corrected chi connectivity index (χ2v) is 4.17. The minimum absolute atomic E-state index is 0.186. The highest BCUT2D eigenvalue weighted by atomic mass is 16.1. The van der Waals surface area contributed by atoms with Crippen LogP contribution in [0.1, 0.15) is 18.1 Å². The smallest absolute Gasteiger partial charge is 0.278 e. The first-order valence-electron chi connectivity index (χ1n) is 5.92. The first-order valence-corrected chi connectivity index (χ1v) is 5.92. The van der Waals surface area contributed by atoms with Gasteiger partial charge in [-0.25, -0.2) is 0 Å². The summed E-state index contributed by atoms with van der Waals surface area (Å²) in [5.74, 6) is 0. The van der Waals surface area contributed by atoms with Crippen molar-refractivity contribution < 1.29 is 0 Å². The molecule has 0 fully saturated rings. The second kappa shape index (κ2) is 4.14. The second-order valence-electron chi connectivity index (χ2n) is 4.17. The Morgan fingerprint density at radius 3 is 3.00 bits per heavy atom. The number of fused-ring (bicyclic) bond motifs is 1. The molecule has 0 aliphatic heterocycles. The van der Waals surface area contributed by atoms with Gasteiger partial charge in [-0.15, -0.1) is 0 Å². The molecule has 0 saturated heterocycles. The largest absolute Gasteiger partial charge is 0.367 e. The van der Waals surface area contributed by atoms with E-state index >= 15 is 0 Å². The van der Waals surface area contributed by atoms with Gasteiger partial charge in [0.25, 0.3) is 5.56 Å². The fourth-order valence-electron chi connectivity index (χ4n) is 2.19. The minimum atomic E-state index is -0.186. The maximum Gasteiger partial charge on any atom is 0.278 e. The molecule has 0 atom stereocenters. The van der Waals surface area contributed by atoms with E-state index in [0.717, 1.165) is 11.3 Å². The van der Waals surface area contributed by atoms with E-state index in [0.29, 0.717) is 23.2 Å². The number of aromatic nitrogens is 4. The predicted molar refractivity (Wildman–Crippen MR) is 69.7 cm³/mol. The lowest BCUT2D eigenvalue weighted by molar-refractivity contribution is 0.870. The van der Waals surface area contributed by atoms with Crippen LogP contribution in [0.5, 0.6) is 0 Å². The Labute approximate surface area is 108 Å². The molecule has 3 rings (SSSR count). The number of H-pyrrole nitrogens is 2. The molecule has 0 amide bonds. The van der Waals surface area contributed by atoms with Gasteiger partial charge in [-0.2, -0.15) is 14.9 Å². The molecule has 94 valence electrons. The molecule has 0 radical (unpaired) electrons. The summed E-state index contributed by atoms with van der Waals surface area (Å²) in [5, 5.41) is 13.0. The Balaban J connectivity index is 2.44. The van der Waals surface area contributed by atoms with E-state index in [1.807, 2.05) is 25.3 Å². The number of aromatic amines is 2. The number of hydrogen-bond acceptors (Lipinski definition) is 3. The van der Waals surface area contributed by atoms with Crippen LogP contribution in [-0.2, 0) is 6.42 Å². The van der Waals surface area contributed by atoms with Gasteiger partial charge < -0.3 is 9.97 Å². The third kappa shape index (κ3) is 1.56. The number of nitrogens with zero attached hydrogens (tertiary/aromatic N) is 3. The first-order chi connectivity index (χ1) is 9.26. The van der Waals surface area contributed by atoms with Gasteiger partial charge in [0.2, 0.25) is 0 Å². The summed E-state index contributed by atoms with van der Waals surface area (Å²) in [7, 11) is 0. The zero-order valence-electron chi connectivity index (χ0n) is 10.3. The zero-order valence-corrected chi connectivity index (χ0v) is 10.3. The molecular formula is C13H11N5O.